The van der Waals surface area contributed by atoms with E-state index in [1.54, 1.807) is 6.20 Å². The van der Waals surface area contributed by atoms with Gasteiger partial charge in [0.2, 0.25) is 0 Å². The van der Waals surface area contributed by atoms with Gasteiger partial charge in [0, 0.05) is 11.9 Å². The van der Waals surface area contributed by atoms with E-state index in [9.17, 15) is 0 Å². The standard InChI is InChI=1S/C16H17N3O/c1-11(13-4-2-12(9-17)3-5-13)20-15-6-7-16-14(8-15)10-18-19-16/h2-8,10-11H,9,17H2,1H3,(H,18,19). The minimum absolute atomic E-state index is 0.00817. The Balaban J connectivity index is 1.78. The molecule has 0 spiro atoms. The Labute approximate surface area is 117 Å². The first-order valence-corrected chi connectivity index (χ1v) is 6.65. The summed E-state index contributed by atoms with van der Waals surface area (Å²) in [6.07, 6.45) is 1.79. The zero-order valence-electron chi connectivity index (χ0n) is 11.3. The average molecular weight is 267 g/mol. The van der Waals surface area contributed by atoms with Crippen LogP contribution in [-0.4, -0.2) is 10.2 Å². The highest BCUT2D eigenvalue weighted by molar-refractivity contribution is 5.79. The molecule has 0 saturated heterocycles. The molecule has 0 bridgehead atoms. The predicted octanol–water partition coefficient (Wildman–Crippen LogP) is 3.16. The van der Waals surface area contributed by atoms with Gasteiger partial charge in [-0.1, -0.05) is 24.3 Å². The monoisotopic (exact) mass is 267 g/mol. The Hall–Kier alpha value is -2.33. The molecule has 0 fully saturated rings. The molecule has 4 heteroatoms. The van der Waals surface area contributed by atoms with Crippen LogP contribution in [-0.2, 0) is 6.54 Å². The smallest absolute Gasteiger partial charge is 0.121 e. The van der Waals surface area contributed by atoms with Gasteiger partial charge in [-0.05, 0) is 36.2 Å². The van der Waals surface area contributed by atoms with Crippen LogP contribution in [0.3, 0.4) is 0 Å². The van der Waals surface area contributed by atoms with Gasteiger partial charge in [-0.2, -0.15) is 5.10 Å². The Bertz CT molecular complexity index is 703. The Morgan fingerprint density at radius 2 is 2.00 bits per heavy atom. The molecule has 20 heavy (non-hydrogen) atoms. The van der Waals surface area contributed by atoms with Crippen molar-refractivity contribution in [2.75, 3.05) is 0 Å². The van der Waals surface area contributed by atoms with Gasteiger partial charge in [0.1, 0.15) is 11.9 Å². The van der Waals surface area contributed by atoms with Crippen LogP contribution in [0.25, 0.3) is 10.9 Å². The van der Waals surface area contributed by atoms with E-state index in [1.807, 2.05) is 37.3 Å². The first-order valence-electron chi connectivity index (χ1n) is 6.65. The lowest BCUT2D eigenvalue weighted by molar-refractivity contribution is 0.227. The predicted molar refractivity (Wildman–Crippen MR) is 79.5 cm³/mol. The van der Waals surface area contributed by atoms with Crippen molar-refractivity contribution in [3.8, 4) is 5.75 Å². The topological polar surface area (TPSA) is 63.9 Å². The largest absolute Gasteiger partial charge is 0.486 e. The second-order valence-electron chi connectivity index (χ2n) is 4.82. The lowest BCUT2D eigenvalue weighted by Gasteiger charge is -2.15. The van der Waals surface area contributed by atoms with Crippen LogP contribution >= 0.6 is 0 Å². The van der Waals surface area contributed by atoms with Crippen molar-refractivity contribution in [3.63, 3.8) is 0 Å². The van der Waals surface area contributed by atoms with Gasteiger partial charge in [-0.25, -0.2) is 0 Å². The first-order chi connectivity index (χ1) is 9.76. The Morgan fingerprint density at radius 1 is 1.20 bits per heavy atom. The second kappa shape index (κ2) is 5.35. The molecule has 0 amide bonds. The molecular formula is C16H17N3O. The fourth-order valence-electron chi connectivity index (χ4n) is 2.19. The van der Waals surface area contributed by atoms with E-state index in [-0.39, 0.29) is 6.10 Å². The maximum absolute atomic E-state index is 5.98. The van der Waals surface area contributed by atoms with E-state index in [4.69, 9.17) is 10.5 Å². The number of aromatic amines is 1. The van der Waals surface area contributed by atoms with Gasteiger partial charge >= 0.3 is 0 Å². The molecule has 3 rings (SSSR count). The van der Waals surface area contributed by atoms with Crippen LogP contribution in [0.4, 0.5) is 0 Å². The maximum atomic E-state index is 5.98. The number of nitrogens with one attached hydrogen (secondary N) is 1. The van der Waals surface area contributed by atoms with E-state index >= 15 is 0 Å². The number of hydrogen-bond donors (Lipinski definition) is 2. The van der Waals surface area contributed by atoms with E-state index in [0.29, 0.717) is 6.54 Å². The summed E-state index contributed by atoms with van der Waals surface area (Å²) in [4.78, 5) is 0. The van der Waals surface area contributed by atoms with Crippen LogP contribution in [0.15, 0.2) is 48.7 Å². The van der Waals surface area contributed by atoms with E-state index < -0.39 is 0 Å². The summed E-state index contributed by atoms with van der Waals surface area (Å²) in [7, 11) is 0. The molecule has 0 aliphatic heterocycles. The first kappa shape index (κ1) is 12.7. The number of fused-ring (bicyclic) bond motifs is 1. The van der Waals surface area contributed by atoms with Crippen molar-refractivity contribution in [2.45, 2.75) is 19.6 Å². The number of aromatic nitrogens is 2. The third kappa shape index (κ3) is 2.51. The summed E-state index contributed by atoms with van der Waals surface area (Å²) in [5.74, 6) is 0.842. The van der Waals surface area contributed by atoms with E-state index in [2.05, 4.69) is 22.3 Å². The number of nitrogens with zero attached hydrogens (tertiary/aromatic N) is 1. The maximum Gasteiger partial charge on any atom is 0.121 e. The molecule has 3 N–H and O–H groups in total. The van der Waals surface area contributed by atoms with Gasteiger partial charge < -0.3 is 10.5 Å². The molecule has 0 aliphatic carbocycles. The molecular weight excluding hydrogens is 250 g/mol. The summed E-state index contributed by atoms with van der Waals surface area (Å²) >= 11 is 0. The highest BCUT2D eigenvalue weighted by Crippen LogP contribution is 2.24. The molecule has 1 aromatic heterocycles. The van der Waals surface area contributed by atoms with Gasteiger partial charge in [0.15, 0.2) is 0 Å². The van der Waals surface area contributed by atoms with E-state index in [0.717, 1.165) is 27.8 Å². The van der Waals surface area contributed by atoms with Crippen molar-refractivity contribution < 1.29 is 4.74 Å². The van der Waals surface area contributed by atoms with Gasteiger partial charge in [0.25, 0.3) is 0 Å². The minimum atomic E-state index is -0.00817. The molecule has 0 aliphatic rings. The summed E-state index contributed by atoms with van der Waals surface area (Å²) in [5.41, 5.74) is 8.87. The zero-order chi connectivity index (χ0) is 13.9. The number of benzene rings is 2. The fourth-order valence-corrected chi connectivity index (χ4v) is 2.19. The third-order valence-corrected chi connectivity index (χ3v) is 3.41. The second-order valence-corrected chi connectivity index (χ2v) is 4.82. The number of ether oxygens (including phenoxy) is 1. The molecule has 3 aromatic rings. The fraction of sp³-hybridized carbons (Fsp3) is 0.188. The Kier molecular flexibility index (Phi) is 3.39. The number of H-pyrrole nitrogens is 1. The molecule has 0 saturated carbocycles. The summed E-state index contributed by atoms with van der Waals surface area (Å²) in [6.45, 7) is 2.60. The normalized spacial score (nSPS) is 12.5. The highest BCUT2D eigenvalue weighted by Gasteiger charge is 2.08. The van der Waals surface area contributed by atoms with Crippen molar-refractivity contribution >= 4 is 10.9 Å². The van der Waals surface area contributed by atoms with Crippen LogP contribution in [0.1, 0.15) is 24.2 Å². The lowest BCUT2D eigenvalue weighted by Crippen LogP contribution is -2.04. The summed E-state index contributed by atoms with van der Waals surface area (Å²) in [5, 5.41) is 7.98. The van der Waals surface area contributed by atoms with Crippen molar-refractivity contribution in [1.29, 1.82) is 0 Å². The summed E-state index contributed by atoms with van der Waals surface area (Å²) < 4.78 is 5.98. The minimum Gasteiger partial charge on any atom is -0.486 e. The number of rotatable bonds is 4. The average Bonchev–Trinajstić information content (AvgIpc) is 2.95. The van der Waals surface area contributed by atoms with Crippen LogP contribution in [0, 0.1) is 0 Å². The zero-order valence-corrected chi connectivity index (χ0v) is 11.3. The Morgan fingerprint density at radius 3 is 2.75 bits per heavy atom. The van der Waals surface area contributed by atoms with Gasteiger partial charge in [-0.15, -0.1) is 0 Å². The van der Waals surface area contributed by atoms with Crippen molar-refractivity contribution in [3.05, 3.63) is 59.8 Å². The summed E-state index contributed by atoms with van der Waals surface area (Å²) in [6, 6.07) is 14.1. The number of nitrogens with two attached hydrogens (primary N) is 1. The van der Waals surface area contributed by atoms with Crippen LogP contribution < -0.4 is 10.5 Å². The van der Waals surface area contributed by atoms with E-state index in [1.165, 1.54) is 0 Å². The molecule has 1 heterocycles. The molecule has 1 unspecified atom stereocenters. The lowest BCUT2D eigenvalue weighted by atomic mass is 10.1. The molecule has 1 atom stereocenters. The molecule has 0 radical (unpaired) electrons. The van der Waals surface area contributed by atoms with Gasteiger partial charge in [0.05, 0.1) is 11.7 Å². The highest BCUT2D eigenvalue weighted by atomic mass is 16.5. The molecule has 4 nitrogen and oxygen atoms in total. The molecule has 102 valence electrons. The van der Waals surface area contributed by atoms with Crippen LogP contribution in [0.5, 0.6) is 5.75 Å². The van der Waals surface area contributed by atoms with Gasteiger partial charge in [-0.3, -0.25) is 5.10 Å². The quantitative estimate of drug-likeness (QED) is 0.763. The van der Waals surface area contributed by atoms with Crippen molar-refractivity contribution in [2.24, 2.45) is 5.73 Å². The van der Waals surface area contributed by atoms with Crippen LogP contribution in [0.2, 0.25) is 0 Å². The van der Waals surface area contributed by atoms with Crippen molar-refractivity contribution in [1.82, 2.24) is 10.2 Å². The SMILES string of the molecule is CC(Oc1ccc2[nH]ncc2c1)c1ccc(CN)cc1. The third-order valence-electron chi connectivity index (χ3n) is 3.41. The molecule has 2 aromatic carbocycles. The number of hydrogen-bond acceptors (Lipinski definition) is 3.